The van der Waals surface area contributed by atoms with Crippen molar-refractivity contribution in [3.8, 4) is 0 Å². The molecule has 1 aliphatic heterocycles. The van der Waals surface area contributed by atoms with Gasteiger partial charge in [0, 0.05) is 36.0 Å². The van der Waals surface area contributed by atoms with Crippen LogP contribution in [0.5, 0.6) is 0 Å². The summed E-state index contributed by atoms with van der Waals surface area (Å²) in [6.45, 7) is 1.83. The molecule has 3 atom stereocenters. The largest absolute Gasteiger partial charge is 0.454 e. The van der Waals surface area contributed by atoms with Crippen LogP contribution in [0.15, 0.2) is 48.5 Å². The Kier molecular flexibility index (Phi) is 7.91. The highest BCUT2D eigenvalue weighted by Crippen LogP contribution is 2.42. The van der Waals surface area contributed by atoms with Crippen LogP contribution in [0.2, 0.25) is 0 Å². The number of hydrogen-bond acceptors (Lipinski definition) is 4. The summed E-state index contributed by atoms with van der Waals surface area (Å²) in [5.41, 5.74) is 2.94. The van der Waals surface area contributed by atoms with E-state index in [4.69, 9.17) is 4.74 Å². The van der Waals surface area contributed by atoms with Crippen LogP contribution in [0, 0.1) is 17.7 Å². The number of esters is 1. The predicted molar refractivity (Wildman–Crippen MR) is 143 cm³/mol. The van der Waals surface area contributed by atoms with E-state index >= 15 is 0 Å². The number of aromatic nitrogens is 1. The first-order chi connectivity index (χ1) is 18.4. The number of hydrogen-bond donors (Lipinski definition) is 2. The van der Waals surface area contributed by atoms with Crippen molar-refractivity contribution in [1.82, 2.24) is 10.3 Å². The van der Waals surface area contributed by atoms with Crippen molar-refractivity contribution in [2.24, 2.45) is 11.8 Å². The van der Waals surface area contributed by atoms with E-state index in [0.29, 0.717) is 36.5 Å². The second-order valence-corrected chi connectivity index (χ2v) is 10.7. The van der Waals surface area contributed by atoms with Crippen LogP contribution in [0.1, 0.15) is 74.6 Å². The molecule has 1 saturated carbocycles. The smallest absolute Gasteiger partial charge is 0.318 e. The minimum atomic E-state index is -0.994. The number of carbonyl (C=O) groups excluding carboxylic acids is 3. The third-order valence-electron chi connectivity index (χ3n) is 8.15. The molecule has 6 nitrogen and oxygen atoms in total. The summed E-state index contributed by atoms with van der Waals surface area (Å²) in [5.74, 6) is -2.23. The number of cyclic esters (lactones) is 1. The molecule has 0 spiro atoms. The summed E-state index contributed by atoms with van der Waals surface area (Å²) in [7, 11) is 0. The Labute approximate surface area is 222 Å². The number of ether oxygens (including phenoxy) is 1. The molecule has 5 rings (SSSR count). The molecule has 2 aromatic carbocycles. The van der Waals surface area contributed by atoms with Gasteiger partial charge in [0.2, 0.25) is 5.91 Å². The fourth-order valence-corrected chi connectivity index (χ4v) is 6.29. The molecular formula is C31H35FN2O4. The number of Topliss-reactive ketones (excluding diaryl/α,β-unsaturated/α-hetero) is 1. The van der Waals surface area contributed by atoms with Crippen LogP contribution in [0.25, 0.3) is 10.9 Å². The summed E-state index contributed by atoms with van der Waals surface area (Å²) in [4.78, 5) is 42.0. The molecule has 3 unspecified atom stereocenters. The number of ketones is 1. The Morgan fingerprint density at radius 1 is 1.08 bits per heavy atom. The monoisotopic (exact) mass is 518 g/mol. The quantitative estimate of drug-likeness (QED) is 0.286. The highest BCUT2D eigenvalue weighted by molar-refractivity contribution is 6.08. The summed E-state index contributed by atoms with van der Waals surface area (Å²) in [5, 5.41) is 3.63. The van der Waals surface area contributed by atoms with Crippen molar-refractivity contribution in [2.75, 3.05) is 6.54 Å². The summed E-state index contributed by atoms with van der Waals surface area (Å²) >= 11 is 0. The maximum Gasteiger partial charge on any atom is 0.318 e. The van der Waals surface area contributed by atoms with Gasteiger partial charge >= 0.3 is 5.97 Å². The normalized spacial score (nSPS) is 21.0. The summed E-state index contributed by atoms with van der Waals surface area (Å²) < 4.78 is 19.9. The summed E-state index contributed by atoms with van der Waals surface area (Å²) in [6.07, 6.45) is 7.25. The minimum absolute atomic E-state index is 0.146. The van der Waals surface area contributed by atoms with E-state index in [0.717, 1.165) is 22.9 Å². The Balaban J connectivity index is 1.51. The van der Waals surface area contributed by atoms with Gasteiger partial charge in [0.05, 0.1) is 0 Å². The molecule has 7 heteroatoms. The molecule has 1 aromatic heterocycles. The average Bonchev–Trinajstić information content (AvgIpc) is 3.40. The number of rotatable bonds is 9. The van der Waals surface area contributed by atoms with Gasteiger partial charge in [-0.1, -0.05) is 62.4 Å². The molecule has 0 bridgehead atoms. The van der Waals surface area contributed by atoms with Gasteiger partial charge in [0.1, 0.15) is 11.7 Å². The van der Waals surface area contributed by atoms with Gasteiger partial charge in [0.25, 0.3) is 0 Å². The number of H-pyrrole nitrogens is 1. The van der Waals surface area contributed by atoms with Crippen molar-refractivity contribution in [3.63, 3.8) is 0 Å². The molecule has 3 aromatic rings. The highest BCUT2D eigenvalue weighted by Gasteiger charge is 2.49. The molecule has 2 heterocycles. The van der Waals surface area contributed by atoms with Gasteiger partial charge in [-0.05, 0) is 54.5 Å². The first kappa shape index (κ1) is 26.1. The van der Waals surface area contributed by atoms with Crippen LogP contribution in [0.3, 0.4) is 0 Å². The molecule has 1 aliphatic carbocycles. The third kappa shape index (κ3) is 5.52. The first-order valence-electron chi connectivity index (χ1n) is 13.8. The van der Waals surface area contributed by atoms with Crippen LogP contribution in [0.4, 0.5) is 4.39 Å². The van der Waals surface area contributed by atoms with Crippen molar-refractivity contribution in [3.05, 3.63) is 71.2 Å². The van der Waals surface area contributed by atoms with Gasteiger partial charge in [-0.15, -0.1) is 0 Å². The fourth-order valence-electron chi connectivity index (χ4n) is 6.29. The zero-order valence-corrected chi connectivity index (χ0v) is 21.8. The standard InChI is InChI=1S/C31H35FN2O4/c1-19(35)33-17-16-24-23-14-13-22(32)18-25(23)34-29(24)27(21-10-6-3-7-11-21)28-30(36)26(38-31(28)37)15-12-20-8-4-2-5-9-20/h3,6-7,10-11,13-14,18,20,26-28,34H,2,4-5,8-9,12,15-17H2,1H3,(H,33,35). The molecule has 2 N–H and O–H groups in total. The van der Waals surface area contributed by atoms with Crippen LogP contribution in [-0.2, 0) is 25.5 Å². The zero-order chi connectivity index (χ0) is 26.6. The Hall–Kier alpha value is -3.48. The van der Waals surface area contributed by atoms with E-state index < -0.39 is 23.9 Å². The SMILES string of the molecule is CC(=O)NCCc1c(C(c2ccccc2)C2C(=O)OC(CCC3CCCCC3)C2=O)[nH]c2cc(F)ccc12. The predicted octanol–water partition coefficient (Wildman–Crippen LogP) is 5.59. The molecule has 200 valence electrons. The maximum atomic E-state index is 14.2. The lowest BCUT2D eigenvalue weighted by molar-refractivity contribution is -0.145. The van der Waals surface area contributed by atoms with Crippen LogP contribution < -0.4 is 5.32 Å². The first-order valence-corrected chi connectivity index (χ1v) is 13.8. The third-order valence-corrected chi connectivity index (χ3v) is 8.15. The van der Waals surface area contributed by atoms with E-state index in [9.17, 15) is 18.8 Å². The van der Waals surface area contributed by atoms with Crippen LogP contribution >= 0.6 is 0 Å². The highest BCUT2D eigenvalue weighted by atomic mass is 19.1. The van der Waals surface area contributed by atoms with Crippen LogP contribution in [-0.4, -0.2) is 35.3 Å². The fraction of sp³-hybridized carbons (Fsp3) is 0.452. The lowest BCUT2D eigenvalue weighted by Gasteiger charge is -2.23. The number of carbonyl (C=O) groups is 3. The molecule has 0 radical (unpaired) electrons. The number of amides is 1. The lowest BCUT2D eigenvalue weighted by Crippen LogP contribution is -2.29. The number of fused-ring (bicyclic) bond motifs is 1. The van der Waals surface area contributed by atoms with Crippen molar-refractivity contribution >= 4 is 28.6 Å². The molecule has 2 fully saturated rings. The average molecular weight is 519 g/mol. The van der Waals surface area contributed by atoms with Gasteiger partial charge in [0.15, 0.2) is 11.9 Å². The van der Waals surface area contributed by atoms with E-state index in [1.165, 1.54) is 51.2 Å². The number of aromatic amines is 1. The topological polar surface area (TPSA) is 88.3 Å². The van der Waals surface area contributed by atoms with Crippen molar-refractivity contribution in [2.45, 2.75) is 70.3 Å². The van der Waals surface area contributed by atoms with Gasteiger partial charge in [-0.2, -0.15) is 0 Å². The van der Waals surface area contributed by atoms with Crippen molar-refractivity contribution < 1.29 is 23.5 Å². The molecule has 1 saturated heterocycles. The van der Waals surface area contributed by atoms with E-state index in [-0.39, 0.29) is 17.5 Å². The minimum Gasteiger partial charge on any atom is -0.454 e. The van der Waals surface area contributed by atoms with E-state index in [1.54, 1.807) is 6.07 Å². The second-order valence-electron chi connectivity index (χ2n) is 10.7. The van der Waals surface area contributed by atoms with Gasteiger partial charge in [-0.3, -0.25) is 14.4 Å². The second kappa shape index (κ2) is 11.5. The maximum absolute atomic E-state index is 14.2. The van der Waals surface area contributed by atoms with E-state index in [1.807, 2.05) is 30.3 Å². The number of halogens is 1. The summed E-state index contributed by atoms with van der Waals surface area (Å²) in [6, 6.07) is 14.0. The Morgan fingerprint density at radius 2 is 1.84 bits per heavy atom. The zero-order valence-electron chi connectivity index (χ0n) is 21.8. The van der Waals surface area contributed by atoms with Gasteiger partial charge < -0.3 is 15.0 Å². The Bertz CT molecular complexity index is 1310. The number of nitrogens with one attached hydrogen (secondary N) is 2. The lowest BCUT2D eigenvalue weighted by atomic mass is 9.78. The molecule has 38 heavy (non-hydrogen) atoms. The van der Waals surface area contributed by atoms with E-state index in [2.05, 4.69) is 10.3 Å². The van der Waals surface area contributed by atoms with Gasteiger partial charge in [-0.25, -0.2) is 4.39 Å². The number of benzene rings is 2. The Morgan fingerprint density at radius 3 is 2.58 bits per heavy atom. The molecule has 2 aliphatic rings. The molecular weight excluding hydrogens is 483 g/mol. The van der Waals surface area contributed by atoms with Crippen molar-refractivity contribution in [1.29, 1.82) is 0 Å². The molecule has 1 amide bonds.